The van der Waals surface area contributed by atoms with Gasteiger partial charge in [0.15, 0.2) is 0 Å². The van der Waals surface area contributed by atoms with Crippen molar-refractivity contribution in [1.29, 1.82) is 0 Å². The molecule has 0 bridgehead atoms. The van der Waals surface area contributed by atoms with E-state index in [2.05, 4.69) is 27.5 Å². The summed E-state index contributed by atoms with van der Waals surface area (Å²) >= 11 is 0. The Morgan fingerprint density at radius 2 is 1.32 bits per heavy atom. The van der Waals surface area contributed by atoms with E-state index in [-0.39, 0.29) is 0 Å². The molecule has 2 saturated carbocycles. The summed E-state index contributed by atoms with van der Waals surface area (Å²) in [4.78, 5) is 12.1. The molecule has 1 aromatic heterocycles. The molecule has 44 heavy (non-hydrogen) atoms. The second-order valence-corrected chi connectivity index (χ2v) is 14.7. The van der Waals surface area contributed by atoms with Gasteiger partial charge >= 0.3 is 0 Å². The molecule has 2 aliphatic rings. The maximum Gasteiger partial charge on any atom is 0.241 e. The summed E-state index contributed by atoms with van der Waals surface area (Å²) in [7, 11) is 0.323. The summed E-state index contributed by atoms with van der Waals surface area (Å²) in [6.07, 6.45) is 10.7. The van der Waals surface area contributed by atoms with E-state index in [1.165, 1.54) is 32.1 Å². The first-order valence-electron chi connectivity index (χ1n) is 16.3. The molecule has 234 valence electrons. The first-order valence-corrected chi connectivity index (χ1v) is 17.8. The molecule has 3 N–H and O–H groups in total. The van der Waals surface area contributed by atoms with Crippen molar-refractivity contribution in [2.24, 2.45) is 17.8 Å². The zero-order valence-corrected chi connectivity index (χ0v) is 26.9. The minimum Gasteiger partial charge on any atom is -0.377 e. The number of rotatable bonds is 11. The number of anilines is 3. The number of benzene rings is 3. The zero-order chi connectivity index (χ0) is 30.5. The lowest BCUT2D eigenvalue weighted by Crippen LogP contribution is -2.32. The van der Waals surface area contributed by atoms with Crippen LogP contribution in [-0.4, -0.2) is 52.1 Å². The number of hydrogen-bond acceptors (Lipinski definition) is 7. The van der Waals surface area contributed by atoms with E-state index in [0.29, 0.717) is 29.2 Å². The van der Waals surface area contributed by atoms with Crippen LogP contribution in [0.3, 0.4) is 0 Å². The fourth-order valence-corrected chi connectivity index (χ4v) is 8.33. The first kappa shape index (κ1) is 30.6. The molecule has 2 fully saturated rings. The Hall–Kier alpha value is -3.43. The normalized spacial score (nSPS) is 19.7. The van der Waals surface area contributed by atoms with Gasteiger partial charge < -0.3 is 15.5 Å². The van der Waals surface area contributed by atoms with Gasteiger partial charge in [0.25, 0.3) is 0 Å². The fourth-order valence-electron chi connectivity index (χ4n) is 6.99. The Morgan fingerprint density at radius 1 is 0.682 bits per heavy atom. The third-order valence-electron chi connectivity index (χ3n) is 9.59. The molecular weight excluding hydrogens is 568 g/mol. The molecule has 0 atom stereocenters. The maximum atomic E-state index is 13.4. The van der Waals surface area contributed by atoms with Crippen LogP contribution < -0.4 is 20.3 Å². The van der Waals surface area contributed by atoms with Gasteiger partial charge in [0.05, 0.1) is 10.4 Å². The average Bonchev–Trinajstić information content (AvgIpc) is 3.05. The largest absolute Gasteiger partial charge is 0.377 e. The van der Waals surface area contributed by atoms with E-state index in [4.69, 9.17) is 9.97 Å². The molecule has 0 radical (unpaired) electrons. The summed E-state index contributed by atoms with van der Waals surface area (Å²) in [5.74, 6) is 3.16. The summed E-state index contributed by atoms with van der Waals surface area (Å²) in [5.41, 5.74) is 1.96. The van der Waals surface area contributed by atoms with Crippen molar-refractivity contribution < 1.29 is 8.42 Å². The van der Waals surface area contributed by atoms with E-state index < -0.39 is 10.0 Å². The molecule has 9 heteroatoms. The summed E-state index contributed by atoms with van der Waals surface area (Å²) in [5, 5.41) is 9.94. The smallest absolute Gasteiger partial charge is 0.241 e. The number of hydrogen-bond donors (Lipinski definition) is 3. The van der Waals surface area contributed by atoms with Gasteiger partial charge in [-0.05, 0) is 80.5 Å². The van der Waals surface area contributed by atoms with Gasteiger partial charge in [-0.1, -0.05) is 55.7 Å². The molecule has 0 saturated heterocycles. The highest BCUT2D eigenvalue weighted by Gasteiger charge is 2.25. The molecule has 0 unspecified atom stereocenters. The van der Waals surface area contributed by atoms with E-state index in [1.807, 2.05) is 61.5 Å². The third kappa shape index (κ3) is 7.10. The average molecular weight is 615 g/mol. The zero-order valence-electron chi connectivity index (χ0n) is 26.1. The van der Waals surface area contributed by atoms with Gasteiger partial charge in [-0.3, -0.25) is 0 Å². The Labute approximate surface area is 262 Å². The van der Waals surface area contributed by atoms with Crippen LogP contribution in [0.2, 0.25) is 0 Å². The lowest BCUT2D eigenvalue weighted by atomic mass is 9.82. The molecule has 1 heterocycles. The van der Waals surface area contributed by atoms with Crippen LogP contribution in [0.25, 0.3) is 21.7 Å². The number of nitrogens with zero attached hydrogens (tertiary/aromatic N) is 3. The van der Waals surface area contributed by atoms with Gasteiger partial charge in [-0.25, -0.2) is 18.1 Å². The Bertz CT molecular complexity index is 1680. The van der Waals surface area contributed by atoms with Gasteiger partial charge in [0.1, 0.15) is 5.82 Å². The van der Waals surface area contributed by atoms with Crippen LogP contribution in [0.15, 0.2) is 65.6 Å². The van der Waals surface area contributed by atoms with E-state index in [9.17, 15) is 8.42 Å². The van der Waals surface area contributed by atoms with E-state index in [0.717, 1.165) is 77.9 Å². The number of aromatic nitrogens is 2. The standard InChI is InChI=1S/C35H46N6O2S/c1-41(2)32-16-8-14-29-28(32)13-9-17-33(29)44(42,43)38-24-27-20-18-26(19-21-27)23-37-35-39-31-15-7-6-12-30(31)34(40-35)36-22-25-10-4-3-5-11-25/h6-9,12-17,25-27,38H,3-5,10-11,18-24H2,1-2H3,(H2,36,37,39,40). The third-order valence-corrected chi connectivity index (χ3v) is 11.1. The number of nitrogens with one attached hydrogen (secondary N) is 3. The molecule has 3 aromatic carbocycles. The second-order valence-electron chi connectivity index (χ2n) is 12.9. The Balaban J connectivity index is 1.03. The Kier molecular flexibility index (Phi) is 9.52. The van der Waals surface area contributed by atoms with E-state index in [1.54, 1.807) is 6.07 Å². The predicted molar refractivity (Wildman–Crippen MR) is 182 cm³/mol. The minimum absolute atomic E-state index is 0.334. The number of fused-ring (bicyclic) bond motifs is 2. The number of para-hydroxylation sites is 1. The van der Waals surface area contributed by atoms with E-state index >= 15 is 0 Å². The molecular formula is C35H46N6O2S. The lowest BCUT2D eigenvalue weighted by molar-refractivity contribution is 0.284. The van der Waals surface area contributed by atoms with Crippen molar-refractivity contribution in [1.82, 2.24) is 14.7 Å². The van der Waals surface area contributed by atoms with Crippen molar-refractivity contribution >= 4 is 49.2 Å². The highest BCUT2D eigenvalue weighted by atomic mass is 32.2. The lowest BCUT2D eigenvalue weighted by Gasteiger charge is -2.29. The second kappa shape index (κ2) is 13.7. The molecule has 0 amide bonds. The molecule has 0 aliphatic heterocycles. The monoisotopic (exact) mass is 614 g/mol. The first-order chi connectivity index (χ1) is 21.4. The van der Waals surface area contributed by atoms with Gasteiger partial charge in [0, 0.05) is 55.6 Å². The molecule has 2 aliphatic carbocycles. The molecule has 4 aromatic rings. The van der Waals surface area contributed by atoms with Crippen LogP contribution in [0.1, 0.15) is 57.8 Å². The van der Waals surface area contributed by atoms with Crippen molar-refractivity contribution in [3.63, 3.8) is 0 Å². The minimum atomic E-state index is -3.63. The van der Waals surface area contributed by atoms with Crippen LogP contribution in [0, 0.1) is 17.8 Å². The SMILES string of the molecule is CN(C)c1cccc2c(S(=O)(=O)NCC3CCC(CNc4nc(NCC5CCCCC5)c5ccccc5n4)CC3)cccc12. The van der Waals surface area contributed by atoms with Crippen molar-refractivity contribution in [2.45, 2.75) is 62.7 Å². The van der Waals surface area contributed by atoms with Crippen LogP contribution >= 0.6 is 0 Å². The van der Waals surface area contributed by atoms with Gasteiger partial charge in [0.2, 0.25) is 16.0 Å². The quantitative estimate of drug-likeness (QED) is 0.167. The van der Waals surface area contributed by atoms with Crippen molar-refractivity contribution in [3.05, 3.63) is 60.7 Å². The summed E-state index contributed by atoms with van der Waals surface area (Å²) in [6, 6.07) is 19.6. The van der Waals surface area contributed by atoms with Crippen LogP contribution in [0.4, 0.5) is 17.5 Å². The van der Waals surface area contributed by atoms with Crippen molar-refractivity contribution in [2.75, 3.05) is 49.3 Å². The highest BCUT2D eigenvalue weighted by molar-refractivity contribution is 7.89. The highest BCUT2D eigenvalue weighted by Crippen LogP contribution is 2.32. The predicted octanol–water partition coefficient (Wildman–Crippen LogP) is 7.04. The van der Waals surface area contributed by atoms with Gasteiger partial charge in [-0.2, -0.15) is 4.98 Å². The maximum absolute atomic E-state index is 13.4. The summed E-state index contributed by atoms with van der Waals surface area (Å²) < 4.78 is 29.7. The number of sulfonamides is 1. The van der Waals surface area contributed by atoms with Gasteiger partial charge in [-0.15, -0.1) is 0 Å². The molecule has 8 nitrogen and oxygen atoms in total. The van der Waals surface area contributed by atoms with Crippen LogP contribution in [-0.2, 0) is 10.0 Å². The Morgan fingerprint density at radius 3 is 2.09 bits per heavy atom. The van der Waals surface area contributed by atoms with Crippen LogP contribution in [0.5, 0.6) is 0 Å². The van der Waals surface area contributed by atoms with Crippen molar-refractivity contribution in [3.8, 4) is 0 Å². The molecule has 0 spiro atoms. The summed E-state index contributed by atoms with van der Waals surface area (Å²) in [6.45, 7) is 2.25. The fraction of sp³-hybridized carbons (Fsp3) is 0.486. The molecule has 6 rings (SSSR count). The topological polar surface area (TPSA) is 99.3 Å².